The van der Waals surface area contributed by atoms with Gasteiger partial charge in [0, 0.05) is 25.4 Å². The molecule has 6 heteroatoms. The average Bonchev–Trinajstić information content (AvgIpc) is 2.65. The zero-order valence-electron chi connectivity index (χ0n) is 10.2. The van der Waals surface area contributed by atoms with Gasteiger partial charge < -0.3 is 5.73 Å². The van der Waals surface area contributed by atoms with Crippen LogP contribution in [0.4, 0.5) is 0 Å². The molecule has 2 rings (SSSR count). The lowest BCUT2D eigenvalue weighted by molar-refractivity contribution is 0.180. The van der Waals surface area contributed by atoms with Crippen molar-refractivity contribution < 1.29 is 0 Å². The third-order valence-electron chi connectivity index (χ3n) is 3.21. The van der Waals surface area contributed by atoms with E-state index in [1.54, 1.807) is 0 Å². The predicted molar refractivity (Wildman–Crippen MR) is 74.8 cm³/mol. The van der Waals surface area contributed by atoms with Gasteiger partial charge in [-0.25, -0.2) is 0 Å². The largest absolute Gasteiger partial charge is 0.330 e. The summed E-state index contributed by atoms with van der Waals surface area (Å²) >= 11 is 0. The Bertz CT molecular complexity index is 308. The zero-order chi connectivity index (χ0) is 10.7. The second kappa shape index (κ2) is 7.93. The molecule has 0 atom stereocenters. The quantitative estimate of drug-likeness (QED) is 0.912. The van der Waals surface area contributed by atoms with E-state index >= 15 is 0 Å². The van der Waals surface area contributed by atoms with Crippen LogP contribution in [0.2, 0.25) is 0 Å². The Labute approximate surface area is 115 Å². The van der Waals surface area contributed by atoms with Crippen molar-refractivity contribution >= 4 is 24.8 Å². The van der Waals surface area contributed by atoms with Crippen LogP contribution in [0.5, 0.6) is 0 Å². The maximum atomic E-state index is 5.67. The van der Waals surface area contributed by atoms with Gasteiger partial charge >= 0.3 is 0 Å². The van der Waals surface area contributed by atoms with Crippen LogP contribution in [0.25, 0.3) is 0 Å². The normalized spacial score (nSPS) is 17.3. The van der Waals surface area contributed by atoms with Gasteiger partial charge in [-0.2, -0.15) is 5.10 Å². The van der Waals surface area contributed by atoms with Crippen molar-refractivity contribution in [1.29, 1.82) is 0 Å². The molecule has 0 saturated carbocycles. The molecule has 1 aliphatic rings. The maximum absolute atomic E-state index is 5.67. The third-order valence-corrected chi connectivity index (χ3v) is 3.21. The van der Waals surface area contributed by atoms with Crippen molar-refractivity contribution in [3.05, 3.63) is 18.0 Å². The number of aromatic nitrogens is 2. The number of aryl methyl sites for hydroxylation is 1. The Balaban J connectivity index is 0.00000128. The summed E-state index contributed by atoms with van der Waals surface area (Å²) in [5.74, 6) is 0.746. The second-order valence-corrected chi connectivity index (χ2v) is 4.48. The van der Waals surface area contributed by atoms with Crippen molar-refractivity contribution in [3.63, 3.8) is 0 Å². The van der Waals surface area contributed by atoms with E-state index in [1.807, 2.05) is 17.9 Å². The molecule has 0 radical (unpaired) electrons. The van der Waals surface area contributed by atoms with Crippen molar-refractivity contribution in [2.45, 2.75) is 19.4 Å². The molecular weight excluding hydrogens is 259 g/mol. The first kappa shape index (κ1) is 16.7. The summed E-state index contributed by atoms with van der Waals surface area (Å²) in [5.41, 5.74) is 6.98. The Hall–Kier alpha value is -0.290. The molecule has 0 unspecified atom stereocenters. The fraction of sp³-hybridized carbons (Fsp3) is 0.727. The Morgan fingerprint density at radius 3 is 2.47 bits per heavy atom. The van der Waals surface area contributed by atoms with E-state index in [2.05, 4.69) is 16.2 Å². The molecule has 0 aromatic carbocycles. The Morgan fingerprint density at radius 1 is 1.35 bits per heavy atom. The molecule has 4 nitrogen and oxygen atoms in total. The highest BCUT2D eigenvalue weighted by molar-refractivity contribution is 5.85. The number of piperidine rings is 1. The third kappa shape index (κ3) is 4.84. The lowest BCUT2D eigenvalue weighted by atomic mass is 9.97. The SMILES string of the molecule is Cl.Cl.Cn1cc(CN2CCC(CN)CC2)cn1. The van der Waals surface area contributed by atoms with Gasteiger partial charge in [-0.05, 0) is 38.4 Å². The lowest BCUT2D eigenvalue weighted by Crippen LogP contribution is -2.35. The standard InChI is InChI=1S/C11H20N4.2ClH/c1-14-8-11(7-13-14)9-15-4-2-10(6-12)3-5-15;;/h7-8,10H,2-6,9,12H2,1H3;2*1H. The molecular formula is C11H22Cl2N4. The number of hydrogen-bond donors (Lipinski definition) is 1. The van der Waals surface area contributed by atoms with Gasteiger partial charge in [-0.1, -0.05) is 0 Å². The zero-order valence-corrected chi connectivity index (χ0v) is 11.8. The van der Waals surface area contributed by atoms with E-state index < -0.39 is 0 Å². The molecule has 0 bridgehead atoms. The summed E-state index contributed by atoms with van der Waals surface area (Å²) < 4.78 is 1.86. The minimum Gasteiger partial charge on any atom is -0.330 e. The minimum atomic E-state index is 0. The van der Waals surface area contributed by atoms with Gasteiger partial charge in [0.05, 0.1) is 6.20 Å². The molecule has 1 aliphatic heterocycles. The van der Waals surface area contributed by atoms with Crippen LogP contribution < -0.4 is 5.73 Å². The van der Waals surface area contributed by atoms with Gasteiger partial charge in [0.1, 0.15) is 0 Å². The molecule has 1 aromatic rings. The molecule has 100 valence electrons. The Kier molecular flexibility index (Phi) is 7.79. The van der Waals surface area contributed by atoms with E-state index in [9.17, 15) is 0 Å². The van der Waals surface area contributed by atoms with Crippen LogP contribution >= 0.6 is 24.8 Å². The van der Waals surface area contributed by atoms with Gasteiger partial charge in [0.2, 0.25) is 0 Å². The van der Waals surface area contributed by atoms with Gasteiger partial charge in [-0.3, -0.25) is 9.58 Å². The highest BCUT2D eigenvalue weighted by Gasteiger charge is 2.17. The summed E-state index contributed by atoms with van der Waals surface area (Å²) in [6, 6.07) is 0. The first-order valence-corrected chi connectivity index (χ1v) is 5.68. The molecule has 0 amide bonds. The van der Waals surface area contributed by atoms with Crippen LogP contribution in [0.15, 0.2) is 12.4 Å². The summed E-state index contributed by atoms with van der Waals surface area (Å²) in [4.78, 5) is 2.49. The number of hydrogen-bond acceptors (Lipinski definition) is 3. The number of nitrogens with zero attached hydrogens (tertiary/aromatic N) is 3. The van der Waals surface area contributed by atoms with Crippen LogP contribution in [0.3, 0.4) is 0 Å². The van der Waals surface area contributed by atoms with E-state index in [4.69, 9.17) is 5.73 Å². The van der Waals surface area contributed by atoms with Crippen LogP contribution in [-0.4, -0.2) is 34.3 Å². The smallest absolute Gasteiger partial charge is 0.0534 e. The minimum absolute atomic E-state index is 0. The van der Waals surface area contributed by atoms with E-state index in [0.717, 1.165) is 19.0 Å². The number of halogens is 2. The van der Waals surface area contributed by atoms with E-state index in [1.165, 1.54) is 31.5 Å². The highest BCUT2D eigenvalue weighted by Crippen LogP contribution is 2.17. The first-order chi connectivity index (χ1) is 7.28. The molecule has 0 aliphatic carbocycles. The number of likely N-dealkylation sites (tertiary alicyclic amines) is 1. The fourth-order valence-corrected chi connectivity index (χ4v) is 2.19. The lowest BCUT2D eigenvalue weighted by Gasteiger charge is -2.30. The monoisotopic (exact) mass is 280 g/mol. The topological polar surface area (TPSA) is 47.1 Å². The maximum Gasteiger partial charge on any atom is 0.0534 e. The van der Waals surface area contributed by atoms with Crippen molar-refractivity contribution in [2.24, 2.45) is 18.7 Å². The van der Waals surface area contributed by atoms with Crippen molar-refractivity contribution in [3.8, 4) is 0 Å². The predicted octanol–water partition coefficient (Wildman–Crippen LogP) is 1.43. The molecule has 1 fully saturated rings. The summed E-state index contributed by atoms with van der Waals surface area (Å²) in [6.07, 6.45) is 6.54. The van der Waals surface area contributed by atoms with Gasteiger partial charge in [0.15, 0.2) is 0 Å². The number of rotatable bonds is 3. The summed E-state index contributed by atoms with van der Waals surface area (Å²) in [6.45, 7) is 4.24. The molecule has 2 N–H and O–H groups in total. The Morgan fingerprint density at radius 2 is 2.00 bits per heavy atom. The van der Waals surface area contributed by atoms with E-state index in [-0.39, 0.29) is 24.8 Å². The van der Waals surface area contributed by atoms with Crippen molar-refractivity contribution in [1.82, 2.24) is 14.7 Å². The highest BCUT2D eigenvalue weighted by atomic mass is 35.5. The fourth-order valence-electron chi connectivity index (χ4n) is 2.19. The molecule has 1 saturated heterocycles. The summed E-state index contributed by atoms with van der Waals surface area (Å²) in [7, 11) is 1.96. The van der Waals surface area contributed by atoms with Gasteiger partial charge in [0.25, 0.3) is 0 Å². The molecule has 0 spiro atoms. The van der Waals surface area contributed by atoms with Crippen LogP contribution in [0.1, 0.15) is 18.4 Å². The van der Waals surface area contributed by atoms with Crippen LogP contribution in [0, 0.1) is 5.92 Å². The molecule has 1 aromatic heterocycles. The van der Waals surface area contributed by atoms with Gasteiger partial charge in [-0.15, -0.1) is 24.8 Å². The molecule has 2 heterocycles. The van der Waals surface area contributed by atoms with E-state index in [0.29, 0.717) is 0 Å². The summed E-state index contributed by atoms with van der Waals surface area (Å²) in [5, 5.41) is 4.18. The second-order valence-electron chi connectivity index (χ2n) is 4.48. The average molecular weight is 281 g/mol. The number of nitrogens with two attached hydrogens (primary N) is 1. The van der Waals surface area contributed by atoms with Crippen LogP contribution in [-0.2, 0) is 13.6 Å². The molecule has 17 heavy (non-hydrogen) atoms. The van der Waals surface area contributed by atoms with Crippen molar-refractivity contribution in [2.75, 3.05) is 19.6 Å². The first-order valence-electron chi connectivity index (χ1n) is 5.68.